The minimum Gasteiger partial charge on any atom is -0.328 e. The SMILES string of the molecule is NC1CC2C[C@@]2(c2ccc(Cl)c(Cl)c2)C1. The first kappa shape index (κ1) is 9.95. The van der Waals surface area contributed by atoms with Crippen molar-refractivity contribution in [2.24, 2.45) is 11.7 Å². The molecule has 3 heteroatoms. The Morgan fingerprint density at radius 2 is 2.00 bits per heavy atom. The van der Waals surface area contributed by atoms with Crippen LogP contribution >= 0.6 is 23.2 Å². The van der Waals surface area contributed by atoms with Gasteiger partial charge in [-0.1, -0.05) is 29.3 Å². The molecule has 1 nitrogen and oxygen atoms in total. The Morgan fingerprint density at radius 3 is 2.60 bits per heavy atom. The summed E-state index contributed by atoms with van der Waals surface area (Å²) in [5.41, 5.74) is 7.66. The van der Waals surface area contributed by atoms with Crippen LogP contribution in [0, 0.1) is 5.92 Å². The molecule has 3 rings (SSSR count). The summed E-state index contributed by atoms with van der Waals surface area (Å²) in [6.45, 7) is 0. The fourth-order valence-electron chi connectivity index (χ4n) is 3.13. The summed E-state index contributed by atoms with van der Waals surface area (Å²) in [5, 5.41) is 1.30. The van der Waals surface area contributed by atoms with E-state index < -0.39 is 0 Å². The monoisotopic (exact) mass is 241 g/mol. The second-order valence-corrected chi connectivity index (χ2v) is 5.70. The minimum absolute atomic E-state index is 0.341. The van der Waals surface area contributed by atoms with Gasteiger partial charge in [-0.05, 0) is 42.9 Å². The zero-order valence-corrected chi connectivity index (χ0v) is 9.85. The molecule has 2 fully saturated rings. The van der Waals surface area contributed by atoms with Crippen LogP contribution in [0.15, 0.2) is 18.2 Å². The van der Waals surface area contributed by atoms with Gasteiger partial charge in [-0.3, -0.25) is 0 Å². The van der Waals surface area contributed by atoms with Crippen LogP contribution in [0.4, 0.5) is 0 Å². The zero-order valence-electron chi connectivity index (χ0n) is 8.34. The van der Waals surface area contributed by atoms with E-state index in [0.29, 0.717) is 21.5 Å². The molecule has 3 atom stereocenters. The van der Waals surface area contributed by atoms with Crippen LogP contribution in [0.25, 0.3) is 0 Å². The first-order chi connectivity index (χ1) is 7.12. The van der Waals surface area contributed by atoms with Crippen LogP contribution in [0.1, 0.15) is 24.8 Å². The molecule has 2 saturated carbocycles. The summed E-state index contributed by atoms with van der Waals surface area (Å²) in [7, 11) is 0. The third-order valence-electron chi connectivity index (χ3n) is 3.94. The van der Waals surface area contributed by atoms with E-state index in [0.717, 1.165) is 12.3 Å². The summed E-state index contributed by atoms with van der Waals surface area (Å²) in [6.07, 6.45) is 3.55. The maximum Gasteiger partial charge on any atom is 0.0595 e. The quantitative estimate of drug-likeness (QED) is 0.802. The van der Waals surface area contributed by atoms with E-state index in [1.807, 2.05) is 12.1 Å². The standard InChI is InChI=1S/C12H13Cl2N/c13-10-2-1-7(4-11(10)14)12-5-8(12)3-9(15)6-12/h1-2,4,8-9H,3,5-6,15H2/t8?,9?,12-/m0/s1. The van der Waals surface area contributed by atoms with Crippen LogP contribution in [0.2, 0.25) is 10.0 Å². The van der Waals surface area contributed by atoms with Crippen molar-refractivity contribution in [2.75, 3.05) is 0 Å². The largest absolute Gasteiger partial charge is 0.328 e. The van der Waals surface area contributed by atoms with Crippen molar-refractivity contribution in [1.82, 2.24) is 0 Å². The minimum atomic E-state index is 0.341. The van der Waals surface area contributed by atoms with Crippen molar-refractivity contribution < 1.29 is 0 Å². The molecule has 15 heavy (non-hydrogen) atoms. The average Bonchev–Trinajstić information content (AvgIpc) is 2.75. The number of nitrogens with two attached hydrogens (primary N) is 1. The van der Waals surface area contributed by atoms with Crippen LogP contribution < -0.4 is 5.73 Å². The molecule has 0 heterocycles. The first-order valence-corrected chi connectivity index (χ1v) is 6.08. The summed E-state index contributed by atoms with van der Waals surface area (Å²) >= 11 is 12.0. The zero-order chi connectivity index (χ0) is 10.6. The molecule has 2 unspecified atom stereocenters. The molecule has 2 aliphatic rings. The van der Waals surface area contributed by atoms with Gasteiger partial charge >= 0.3 is 0 Å². The molecular formula is C12H13Cl2N. The highest BCUT2D eigenvalue weighted by molar-refractivity contribution is 6.42. The fraction of sp³-hybridized carbons (Fsp3) is 0.500. The molecule has 0 bridgehead atoms. The summed E-state index contributed by atoms with van der Waals surface area (Å²) < 4.78 is 0. The smallest absolute Gasteiger partial charge is 0.0595 e. The van der Waals surface area contributed by atoms with E-state index in [1.54, 1.807) is 0 Å². The van der Waals surface area contributed by atoms with E-state index >= 15 is 0 Å². The van der Waals surface area contributed by atoms with Gasteiger partial charge in [0.25, 0.3) is 0 Å². The highest BCUT2D eigenvalue weighted by Gasteiger charge is 2.60. The number of rotatable bonds is 1. The van der Waals surface area contributed by atoms with E-state index in [-0.39, 0.29) is 0 Å². The third-order valence-corrected chi connectivity index (χ3v) is 4.68. The molecule has 2 N–H and O–H groups in total. The predicted octanol–water partition coefficient (Wildman–Crippen LogP) is 3.37. The van der Waals surface area contributed by atoms with Crippen LogP contribution in [-0.2, 0) is 5.41 Å². The fourth-order valence-corrected chi connectivity index (χ4v) is 3.43. The van der Waals surface area contributed by atoms with E-state index in [9.17, 15) is 0 Å². The van der Waals surface area contributed by atoms with Gasteiger partial charge in [-0.2, -0.15) is 0 Å². The van der Waals surface area contributed by atoms with Gasteiger partial charge in [0.05, 0.1) is 10.0 Å². The van der Waals surface area contributed by atoms with Gasteiger partial charge in [-0.15, -0.1) is 0 Å². The molecule has 1 aromatic carbocycles. The molecule has 0 spiro atoms. The van der Waals surface area contributed by atoms with Gasteiger partial charge in [0.15, 0.2) is 0 Å². The Hall–Kier alpha value is -0.240. The molecule has 1 aromatic rings. The number of benzene rings is 1. The molecule has 0 radical (unpaired) electrons. The molecule has 0 aliphatic heterocycles. The van der Waals surface area contributed by atoms with Crippen LogP contribution in [-0.4, -0.2) is 6.04 Å². The number of hydrogen-bond acceptors (Lipinski definition) is 1. The Bertz CT molecular complexity index is 418. The number of halogens is 2. The highest BCUT2D eigenvalue weighted by atomic mass is 35.5. The molecule has 0 aromatic heterocycles. The lowest BCUT2D eigenvalue weighted by Crippen LogP contribution is -2.20. The summed E-state index contributed by atoms with van der Waals surface area (Å²) in [6, 6.07) is 6.39. The summed E-state index contributed by atoms with van der Waals surface area (Å²) in [4.78, 5) is 0. The Kier molecular flexibility index (Phi) is 2.08. The molecule has 0 saturated heterocycles. The summed E-state index contributed by atoms with van der Waals surface area (Å²) in [5.74, 6) is 0.782. The molecular weight excluding hydrogens is 229 g/mol. The maximum absolute atomic E-state index is 6.05. The van der Waals surface area contributed by atoms with Crippen molar-refractivity contribution in [1.29, 1.82) is 0 Å². The van der Waals surface area contributed by atoms with Crippen LogP contribution in [0.5, 0.6) is 0 Å². The lowest BCUT2D eigenvalue weighted by Gasteiger charge is -2.15. The lowest BCUT2D eigenvalue weighted by molar-refractivity contribution is 0.583. The van der Waals surface area contributed by atoms with Crippen molar-refractivity contribution in [2.45, 2.75) is 30.7 Å². The van der Waals surface area contributed by atoms with Gasteiger partial charge in [0.1, 0.15) is 0 Å². The third kappa shape index (κ3) is 1.41. The van der Waals surface area contributed by atoms with Gasteiger partial charge in [-0.25, -0.2) is 0 Å². The van der Waals surface area contributed by atoms with Gasteiger partial charge in [0.2, 0.25) is 0 Å². The van der Waals surface area contributed by atoms with E-state index in [4.69, 9.17) is 28.9 Å². The number of fused-ring (bicyclic) bond motifs is 1. The first-order valence-electron chi connectivity index (χ1n) is 5.33. The average molecular weight is 242 g/mol. The maximum atomic E-state index is 6.05. The molecule has 80 valence electrons. The molecule has 0 amide bonds. The van der Waals surface area contributed by atoms with Gasteiger partial charge in [0, 0.05) is 11.5 Å². The Morgan fingerprint density at radius 1 is 1.20 bits per heavy atom. The number of hydrogen-bond donors (Lipinski definition) is 1. The van der Waals surface area contributed by atoms with Crippen molar-refractivity contribution in [3.05, 3.63) is 33.8 Å². The van der Waals surface area contributed by atoms with E-state index in [2.05, 4.69) is 6.07 Å². The predicted molar refractivity (Wildman–Crippen MR) is 63.5 cm³/mol. The second-order valence-electron chi connectivity index (χ2n) is 4.89. The van der Waals surface area contributed by atoms with Crippen molar-refractivity contribution >= 4 is 23.2 Å². The Balaban J connectivity index is 1.97. The second kappa shape index (κ2) is 3.13. The lowest BCUT2D eigenvalue weighted by atomic mass is 9.92. The molecule has 2 aliphatic carbocycles. The van der Waals surface area contributed by atoms with Gasteiger partial charge < -0.3 is 5.73 Å². The van der Waals surface area contributed by atoms with Crippen LogP contribution in [0.3, 0.4) is 0 Å². The normalized spacial score (nSPS) is 37.8. The highest BCUT2D eigenvalue weighted by Crippen LogP contribution is 2.64. The van der Waals surface area contributed by atoms with Crippen molar-refractivity contribution in [3.8, 4) is 0 Å². The van der Waals surface area contributed by atoms with E-state index in [1.165, 1.54) is 18.4 Å². The Labute approximate surface area is 99.6 Å². The topological polar surface area (TPSA) is 26.0 Å². The van der Waals surface area contributed by atoms with Crippen molar-refractivity contribution in [3.63, 3.8) is 0 Å².